The number of rotatable bonds is 11. The minimum atomic E-state index is -3.28. The molecule has 8 N–H and O–H groups in total. The molecule has 18 nitrogen and oxygen atoms in total. The standard InChI is InChI=1S/C20H28N8O10P2/c21-12-3-13(24-6-23-12)36-9-1-8(10(29)2-9)4-34-39-38-16-15(30)11(5-35-40(32)33)37-19(16)28-7-25-14-17(28)26-20(22)27-18(14)31/h3,6-11,15-16,19,29-30,39-40H,1-2,4-5H2,(H,32,33)(H2,21,23,24)(H3,22,26,27,31)/t8-,9-,10+,11-,15-,16-,19-/m1/s1. The molecular formula is C20H28N8O10P2. The van der Waals surface area contributed by atoms with Gasteiger partial charge in [-0.3, -0.25) is 18.9 Å². The Hall–Kier alpha value is -2.79. The number of hydrogen-bond donors (Lipinski definition) is 6. The van der Waals surface area contributed by atoms with Crippen molar-refractivity contribution < 1.29 is 42.7 Å². The number of nitrogens with zero attached hydrogens (tertiary/aromatic N) is 5. The molecule has 5 rings (SSSR count). The van der Waals surface area contributed by atoms with E-state index in [1.165, 1.54) is 23.3 Å². The predicted molar refractivity (Wildman–Crippen MR) is 138 cm³/mol. The van der Waals surface area contributed by atoms with E-state index in [9.17, 15) is 19.6 Å². The molecule has 9 atom stereocenters. The first kappa shape index (κ1) is 28.7. The van der Waals surface area contributed by atoms with Crippen LogP contribution >= 0.6 is 17.3 Å². The number of ether oxygens (including phenoxy) is 2. The van der Waals surface area contributed by atoms with Gasteiger partial charge in [-0.15, -0.1) is 0 Å². The smallest absolute Gasteiger partial charge is 0.316 e. The molecule has 1 saturated heterocycles. The summed E-state index contributed by atoms with van der Waals surface area (Å²) in [5.41, 5.74) is 10.8. The third-order valence-corrected chi connectivity index (χ3v) is 7.58. The van der Waals surface area contributed by atoms with Gasteiger partial charge in [0.15, 0.2) is 26.4 Å². The average molecular weight is 602 g/mol. The van der Waals surface area contributed by atoms with E-state index in [4.69, 9.17) is 39.4 Å². The Morgan fingerprint density at radius 1 is 1.23 bits per heavy atom. The molecule has 1 saturated carbocycles. The molecule has 0 spiro atoms. The Morgan fingerprint density at radius 3 is 2.83 bits per heavy atom. The topological polar surface area (TPSA) is 265 Å². The van der Waals surface area contributed by atoms with Gasteiger partial charge in [-0.1, -0.05) is 0 Å². The van der Waals surface area contributed by atoms with Crippen LogP contribution in [0.2, 0.25) is 0 Å². The number of nitrogens with two attached hydrogens (primary N) is 2. The van der Waals surface area contributed by atoms with Crippen LogP contribution in [0.15, 0.2) is 23.5 Å². The van der Waals surface area contributed by atoms with Gasteiger partial charge in [0.25, 0.3) is 5.56 Å². The van der Waals surface area contributed by atoms with Gasteiger partial charge < -0.3 is 49.6 Å². The van der Waals surface area contributed by atoms with Gasteiger partial charge in [-0.25, -0.2) is 15.0 Å². The molecule has 0 bridgehead atoms. The van der Waals surface area contributed by atoms with Crippen LogP contribution in [0.1, 0.15) is 19.1 Å². The second-order valence-electron chi connectivity index (χ2n) is 9.20. The third kappa shape index (κ3) is 6.40. The summed E-state index contributed by atoms with van der Waals surface area (Å²) in [7, 11) is -3.87. The molecule has 2 aliphatic rings. The molecule has 1 aliphatic heterocycles. The van der Waals surface area contributed by atoms with Gasteiger partial charge in [0.1, 0.15) is 36.6 Å². The Kier molecular flexibility index (Phi) is 8.89. The van der Waals surface area contributed by atoms with Crippen molar-refractivity contribution in [3.05, 3.63) is 29.1 Å². The van der Waals surface area contributed by atoms with Crippen molar-refractivity contribution in [2.75, 3.05) is 24.7 Å². The molecule has 40 heavy (non-hydrogen) atoms. The van der Waals surface area contributed by atoms with Gasteiger partial charge in [-0.2, -0.15) is 4.98 Å². The van der Waals surface area contributed by atoms with Crippen LogP contribution in [-0.2, 0) is 22.9 Å². The normalized spacial score (nSPS) is 29.5. The summed E-state index contributed by atoms with van der Waals surface area (Å²) in [6.45, 7) is -0.258. The quantitative estimate of drug-likeness (QED) is 0.112. The lowest BCUT2D eigenvalue weighted by Crippen LogP contribution is -2.34. The maximum Gasteiger partial charge on any atom is 0.316 e. The largest absolute Gasteiger partial charge is 0.474 e. The van der Waals surface area contributed by atoms with E-state index in [1.54, 1.807) is 0 Å². The first-order valence-corrected chi connectivity index (χ1v) is 14.1. The summed E-state index contributed by atoms with van der Waals surface area (Å²) >= 11 is 0. The lowest BCUT2D eigenvalue weighted by Gasteiger charge is -2.22. The minimum Gasteiger partial charge on any atom is -0.474 e. The third-order valence-electron chi connectivity index (χ3n) is 6.51. The van der Waals surface area contributed by atoms with Crippen LogP contribution < -0.4 is 21.8 Å². The molecule has 2 unspecified atom stereocenters. The summed E-state index contributed by atoms with van der Waals surface area (Å²) in [5, 5.41) is 21.4. The number of aliphatic hydroxyl groups is 2. The Morgan fingerprint density at radius 2 is 2.05 bits per heavy atom. The predicted octanol–water partition coefficient (Wildman–Crippen LogP) is -1.14. The first-order chi connectivity index (χ1) is 19.2. The monoisotopic (exact) mass is 602 g/mol. The summed E-state index contributed by atoms with van der Waals surface area (Å²) in [6, 6.07) is 1.50. The highest BCUT2D eigenvalue weighted by atomic mass is 31.1. The van der Waals surface area contributed by atoms with Crippen molar-refractivity contribution in [3.63, 3.8) is 0 Å². The van der Waals surface area contributed by atoms with E-state index < -0.39 is 60.1 Å². The fourth-order valence-electron chi connectivity index (χ4n) is 4.64. The molecule has 3 aromatic rings. The Balaban J connectivity index is 1.22. The molecule has 4 heterocycles. The van der Waals surface area contributed by atoms with Crippen LogP contribution in [0.25, 0.3) is 11.2 Å². The average Bonchev–Trinajstić information content (AvgIpc) is 3.56. The Labute approximate surface area is 227 Å². The van der Waals surface area contributed by atoms with Crippen molar-refractivity contribution in [1.82, 2.24) is 29.5 Å². The number of hydrogen-bond acceptors (Lipinski definition) is 15. The summed E-state index contributed by atoms with van der Waals surface area (Å²) in [5.74, 6) is 0.181. The molecule has 0 radical (unpaired) electrons. The molecule has 2 fully saturated rings. The number of imidazole rings is 1. The van der Waals surface area contributed by atoms with Gasteiger partial charge in [0, 0.05) is 18.4 Å². The van der Waals surface area contributed by atoms with Crippen molar-refractivity contribution >= 4 is 40.2 Å². The maximum absolute atomic E-state index is 12.2. The van der Waals surface area contributed by atoms with Crippen LogP contribution in [-0.4, -0.2) is 88.3 Å². The van der Waals surface area contributed by atoms with Gasteiger partial charge in [0.2, 0.25) is 11.8 Å². The van der Waals surface area contributed by atoms with Crippen molar-refractivity contribution in [2.24, 2.45) is 5.92 Å². The van der Waals surface area contributed by atoms with Gasteiger partial charge in [0.05, 0.1) is 25.6 Å². The highest BCUT2D eigenvalue weighted by Crippen LogP contribution is 2.39. The number of H-pyrrole nitrogens is 1. The summed E-state index contributed by atoms with van der Waals surface area (Å²) < 4.78 is 40.4. The van der Waals surface area contributed by atoms with E-state index in [0.29, 0.717) is 18.7 Å². The van der Waals surface area contributed by atoms with Crippen LogP contribution in [0.5, 0.6) is 5.88 Å². The number of aromatic amines is 1. The van der Waals surface area contributed by atoms with Crippen molar-refractivity contribution in [2.45, 2.75) is 49.6 Å². The number of anilines is 2. The molecule has 218 valence electrons. The Bertz CT molecular complexity index is 1410. The van der Waals surface area contributed by atoms with E-state index >= 15 is 0 Å². The van der Waals surface area contributed by atoms with E-state index in [-0.39, 0.29) is 41.6 Å². The SMILES string of the molecule is Nc1cc(O[C@@H]2C[C@H](COPO[C@@H]3[C@H](O)[C@@H](CO[PH](=O)O)O[C@H]3n3cnc4c(=O)[nH]c(N)nc43)[C@@H](O)C2)ncn1. The fourth-order valence-corrected chi connectivity index (χ4v) is 5.66. The van der Waals surface area contributed by atoms with E-state index in [1.807, 2.05) is 0 Å². The highest BCUT2D eigenvalue weighted by Gasteiger charge is 2.47. The zero-order valence-electron chi connectivity index (χ0n) is 20.7. The highest BCUT2D eigenvalue weighted by molar-refractivity contribution is 7.32. The molecule has 1 aliphatic carbocycles. The van der Waals surface area contributed by atoms with E-state index in [0.717, 1.165) is 0 Å². The number of nitrogens with one attached hydrogen (secondary N) is 1. The van der Waals surface area contributed by atoms with Crippen LogP contribution in [0.4, 0.5) is 11.8 Å². The molecule has 20 heteroatoms. The molecule has 0 amide bonds. The first-order valence-electron chi connectivity index (χ1n) is 12.1. The van der Waals surface area contributed by atoms with Crippen LogP contribution in [0, 0.1) is 5.92 Å². The molecular weight excluding hydrogens is 574 g/mol. The van der Waals surface area contributed by atoms with Gasteiger partial charge in [-0.05, 0) is 6.42 Å². The zero-order chi connectivity index (χ0) is 28.4. The molecule has 0 aromatic carbocycles. The number of aliphatic hydroxyl groups excluding tert-OH is 2. The lowest BCUT2D eigenvalue weighted by molar-refractivity contribution is -0.0447. The fraction of sp³-hybridized carbons (Fsp3) is 0.550. The lowest BCUT2D eigenvalue weighted by atomic mass is 10.1. The van der Waals surface area contributed by atoms with Crippen LogP contribution in [0.3, 0.4) is 0 Å². The summed E-state index contributed by atoms with van der Waals surface area (Å²) in [4.78, 5) is 39.6. The summed E-state index contributed by atoms with van der Waals surface area (Å²) in [6.07, 6.45) is -2.03. The number of aromatic nitrogens is 6. The van der Waals surface area contributed by atoms with E-state index in [2.05, 4.69) is 24.9 Å². The minimum absolute atomic E-state index is 0.0125. The van der Waals surface area contributed by atoms with Crippen molar-refractivity contribution in [3.8, 4) is 5.88 Å². The maximum atomic E-state index is 12.2. The van der Waals surface area contributed by atoms with Crippen molar-refractivity contribution in [1.29, 1.82) is 0 Å². The zero-order valence-corrected chi connectivity index (χ0v) is 22.7. The molecule has 3 aromatic heterocycles. The number of nitrogen functional groups attached to an aromatic ring is 2. The second-order valence-corrected chi connectivity index (χ2v) is 10.7. The number of fused-ring (bicyclic) bond motifs is 1. The van der Waals surface area contributed by atoms with Gasteiger partial charge >= 0.3 is 8.25 Å². The second kappa shape index (κ2) is 12.4.